The first-order valence-electron chi connectivity index (χ1n) is 9.46. The average Bonchev–Trinajstić information content (AvgIpc) is 2.68. The minimum Gasteiger partial charge on any atom is -0.508 e. The van der Waals surface area contributed by atoms with Gasteiger partial charge in [0, 0.05) is 12.1 Å². The van der Waals surface area contributed by atoms with Crippen LogP contribution in [0.1, 0.15) is 11.1 Å². The molecule has 0 aliphatic heterocycles. The van der Waals surface area contributed by atoms with Crippen LogP contribution in [0, 0.1) is 13.8 Å². The molecule has 3 heteroatoms. The van der Waals surface area contributed by atoms with Crippen molar-refractivity contribution in [1.29, 1.82) is 0 Å². The standard InChI is InChI=1S/C26H22O3/c1-17-3-7-19(8-4-17)21-11-23(27)15-25(13-21)29-26-14-22(12-24(28)16-26)20-9-5-18(2)6-10-20/h3-16,27-28H,1-2H3. The molecule has 0 spiro atoms. The van der Waals surface area contributed by atoms with E-state index in [2.05, 4.69) is 0 Å². The van der Waals surface area contributed by atoms with Crippen molar-refractivity contribution in [2.45, 2.75) is 13.8 Å². The van der Waals surface area contributed by atoms with E-state index >= 15 is 0 Å². The second-order valence-electron chi connectivity index (χ2n) is 7.27. The lowest BCUT2D eigenvalue weighted by molar-refractivity contribution is 0.447. The first-order chi connectivity index (χ1) is 14.0. The maximum atomic E-state index is 10.2. The summed E-state index contributed by atoms with van der Waals surface area (Å²) in [7, 11) is 0. The number of hydrogen-bond acceptors (Lipinski definition) is 3. The van der Waals surface area contributed by atoms with Gasteiger partial charge in [0.1, 0.15) is 23.0 Å². The van der Waals surface area contributed by atoms with Crippen LogP contribution in [0.5, 0.6) is 23.0 Å². The highest BCUT2D eigenvalue weighted by Gasteiger charge is 2.08. The molecule has 0 aromatic heterocycles. The highest BCUT2D eigenvalue weighted by Crippen LogP contribution is 2.35. The predicted octanol–water partition coefficient (Wildman–Crippen LogP) is 6.84. The topological polar surface area (TPSA) is 49.7 Å². The van der Waals surface area contributed by atoms with Crippen molar-refractivity contribution in [3.63, 3.8) is 0 Å². The molecule has 0 fully saturated rings. The molecule has 0 atom stereocenters. The molecular weight excluding hydrogens is 360 g/mol. The van der Waals surface area contributed by atoms with Crippen LogP contribution in [0.3, 0.4) is 0 Å². The highest BCUT2D eigenvalue weighted by molar-refractivity contribution is 5.69. The molecule has 144 valence electrons. The van der Waals surface area contributed by atoms with Gasteiger partial charge in [-0.15, -0.1) is 0 Å². The molecule has 0 unspecified atom stereocenters. The van der Waals surface area contributed by atoms with E-state index in [9.17, 15) is 10.2 Å². The normalized spacial score (nSPS) is 10.7. The van der Waals surface area contributed by atoms with Gasteiger partial charge < -0.3 is 14.9 Å². The second kappa shape index (κ2) is 7.72. The van der Waals surface area contributed by atoms with Gasteiger partial charge in [0.2, 0.25) is 0 Å². The Morgan fingerprint density at radius 3 is 1.24 bits per heavy atom. The molecule has 4 aromatic rings. The number of phenolic OH excluding ortho intramolecular Hbond substituents is 2. The first kappa shape index (κ1) is 18.6. The predicted molar refractivity (Wildman–Crippen MR) is 117 cm³/mol. The van der Waals surface area contributed by atoms with Gasteiger partial charge in [-0.3, -0.25) is 0 Å². The summed E-state index contributed by atoms with van der Waals surface area (Å²) in [5.41, 5.74) is 6.06. The van der Waals surface area contributed by atoms with Crippen LogP contribution in [0.25, 0.3) is 22.3 Å². The monoisotopic (exact) mass is 382 g/mol. The summed E-state index contributed by atoms with van der Waals surface area (Å²) in [6.07, 6.45) is 0. The summed E-state index contributed by atoms with van der Waals surface area (Å²) in [5, 5.41) is 20.3. The Labute approximate surface area is 170 Å². The van der Waals surface area contributed by atoms with E-state index in [1.165, 1.54) is 11.1 Å². The fourth-order valence-electron chi connectivity index (χ4n) is 3.25. The molecule has 0 amide bonds. The van der Waals surface area contributed by atoms with Crippen LogP contribution in [0.4, 0.5) is 0 Å². The summed E-state index contributed by atoms with van der Waals surface area (Å²) in [5.74, 6) is 1.25. The second-order valence-corrected chi connectivity index (χ2v) is 7.27. The SMILES string of the molecule is Cc1ccc(-c2cc(O)cc(Oc3cc(O)cc(-c4ccc(C)cc4)c3)c2)cc1. The molecule has 0 saturated heterocycles. The van der Waals surface area contributed by atoms with Crippen molar-refractivity contribution in [3.05, 3.63) is 96.1 Å². The largest absolute Gasteiger partial charge is 0.508 e. The van der Waals surface area contributed by atoms with E-state index in [1.54, 1.807) is 24.3 Å². The smallest absolute Gasteiger partial charge is 0.131 e. The molecule has 4 rings (SSSR count). The Bertz CT molecular complexity index is 1050. The molecule has 29 heavy (non-hydrogen) atoms. The van der Waals surface area contributed by atoms with Crippen molar-refractivity contribution in [3.8, 4) is 45.3 Å². The zero-order chi connectivity index (χ0) is 20.4. The van der Waals surface area contributed by atoms with Gasteiger partial charge >= 0.3 is 0 Å². The third kappa shape index (κ3) is 4.41. The Morgan fingerprint density at radius 1 is 0.483 bits per heavy atom. The van der Waals surface area contributed by atoms with E-state index in [4.69, 9.17) is 4.74 Å². The van der Waals surface area contributed by atoms with Crippen molar-refractivity contribution in [1.82, 2.24) is 0 Å². The van der Waals surface area contributed by atoms with Gasteiger partial charge in [0.25, 0.3) is 0 Å². The number of hydrogen-bond donors (Lipinski definition) is 2. The van der Waals surface area contributed by atoms with E-state index in [0.717, 1.165) is 22.3 Å². The Hall–Kier alpha value is -3.72. The number of rotatable bonds is 4. The number of ether oxygens (including phenoxy) is 1. The summed E-state index contributed by atoms with van der Waals surface area (Å²) in [6.45, 7) is 4.07. The number of phenols is 2. The van der Waals surface area contributed by atoms with Crippen LogP contribution < -0.4 is 4.74 Å². The van der Waals surface area contributed by atoms with Gasteiger partial charge in [-0.1, -0.05) is 59.7 Å². The third-order valence-corrected chi connectivity index (χ3v) is 4.79. The maximum Gasteiger partial charge on any atom is 0.131 e. The van der Waals surface area contributed by atoms with E-state index in [-0.39, 0.29) is 11.5 Å². The van der Waals surface area contributed by atoms with E-state index in [1.807, 2.05) is 74.5 Å². The molecule has 0 radical (unpaired) electrons. The highest BCUT2D eigenvalue weighted by atomic mass is 16.5. The van der Waals surface area contributed by atoms with Gasteiger partial charge in [-0.2, -0.15) is 0 Å². The Morgan fingerprint density at radius 2 is 0.862 bits per heavy atom. The minimum absolute atomic E-state index is 0.122. The number of aryl methyl sites for hydroxylation is 2. The minimum atomic E-state index is 0.122. The molecule has 4 aromatic carbocycles. The van der Waals surface area contributed by atoms with E-state index < -0.39 is 0 Å². The summed E-state index contributed by atoms with van der Waals surface area (Å²) >= 11 is 0. The molecule has 0 saturated carbocycles. The van der Waals surface area contributed by atoms with Crippen molar-refractivity contribution in [2.24, 2.45) is 0 Å². The van der Waals surface area contributed by atoms with Crippen molar-refractivity contribution in [2.75, 3.05) is 0 Å². The molecule has 3 nitrogen and oxygen atoms in total. The molecule has 0 aliphatic carbocycles. The molecular formula is C26H22O3. The zero-order valence-electron chi connectivity index (χ0n) is 16.4. The van der Waals surface area contributed by atoms with Crippen molar-refractivity contribution < 1.29 is 14.9 Å². The third-order valence-electron chi connectivity index (χ3n) is 4.79. The molecule has 0 aliphatic rings. The Balaban J connectivity index is 1.67. The molecule has 2 N–H and O–H groups in total. The van der Waals surface area contributed by atoms with Gasteiger partial charge in [-0.25, -0.2) is 0 Å². The van der Waals surface area contributed by atoms with Gasteiger partial charge in [0.05, 0.1) is 0 Å². The average molecular weight is 382 g/mol. The lowest BCUT2D eigenvalue weighted by Crippen LogP contribution is -1.88. The fraction of sp³-hybridized carbons (Fsp3) is 0.0769. The van der Waals surface area contributed by atoms with Crippen LogP contribution in [0.15, 0.2) is 84.9 Å². The molecule has 0 bridgehead atoms. The van der Waals surface area contributed by atoms with Crippen LogP contribution in [-0.2, 0) is 0 Å². The summed E-state index contributed by atoms with van der Waals surface area (Å²) in [6, 6.07) is 26.5. The number of benzene rings is 4. The maximum absolute atomic E-state index is 10.2. The van der Waals surface area contributed by atoms with Crippen LogP contribution in [0.2, 0.25) is 0 Å². The number of aromatic hydroxyl groups is 2. The molecule has 0 heterocycles. The lowest BCUT2D eigenvalue weighted by atomic mass is 10.0. The van der Waals surface area contributed by atoms with Gasteiger partial charge in [0.15, 0.2) is 0 Å². The van der Waals surface area contributed by atoms with Gasteiger partial charge in [-0.05, 0) is 60.4 Å². The summed E-state index contributed by atoms with van der Waals surface area (Å²) < 4.78 is 5.99. The fourth-order valence-corrected chi connectivity index (χ4v) is 3.25. The first-order valence-corrected chi connectivity index (χ1v) is 9.46. The lowest BCUT2D eigenvalue weighted by Gasteiger charge is -2.12. The van der Waals surface area contributed by atoms with Crippen LogP contribution in [-0.4, -0.2) is 10.2 Å². The summed E-state index contributed by atoms with van der Waals surface area (Å²) in [4.78, 5) is 0. The quantitative estimate of drug-likeness (QED) is 0.406. The van der Waals surface area contributed by atoms with Crippen LogP contribution >= 0.6 is 0 Å². The Kier molecular flexibility index (Phi) is 4.96. The van der Waals surface area contributed by atoms with E-state index in [0.29, 0.717) is 11.5 Å². The van der Waals surface area contributed by atoms with Crippen molar-refractivity contribution >= 4 is 0 Å². The zero-order valence-corrected chi connectivity index (χ0v) is 16.4.